The van der Waals surface area contributed by atoms with Crippen molar-refractivity contribution >= 4 is 16.9 Å². The minimum absolute atomic E-state index is 0.136. The molecule has 4 rings (SSSR count). The van der Waals surface area contributed by atoms with Crippen LogP contribution in [-0.2, 0) is 6.54 Å². The van der Waals surface area contributed by atoms with E-state index in [4.69, 9.17) is 10.8 Å². The van der Waals surface area contributed by atoms with Crippen molar-refractivity contribution in [2.24, 2.45) is 0 Å². The molecule has 0 spiro atoms. The summed E-state index contributed by atoms with van der Waals surface area (Å²) in [6.45, 7) is 1.44. The van der Waals surface area contributed by atoms with E-state index in [0.717, 1.165) is 40.0 Å². The first-order valence-corrected chi connectivity index (χ1v) is 8.86. The maximum absolute atomic E-state index is 8.87. The smallest absolute Gasteiger partial charge is 0.150 e. The number of hydrogen-bond acceptors (Lipinski definition) is 5. The summed E-state index contributed by atoms with van der Waals surface area (Å²) in [6, 6.07) is 18.4. The molecule has 0 bridgehead atoms. The molecule has 4 N–H and O–H groups in total. The predicted octanol–water partition coefficient (Wildman–Crippen LogP) is 2.75. The highest BCUT2D eigenvalue weighted by molar-refractivity contribution is 6.01. The van der Waals surface area contributed by atoms with E-state index in [1.54, 1.807) is 0 Å². The third-order valence-corrected chi connectivity index (χ3v) is 4.53. The van der Waals surface area contributed by atoms with Gasteiger partial charge in [-0.25, -0.2) is 9.97 Å². The summed E-state index contributed by atoms with van der Waals surface area (Å²) in [5.74, 6) is 0.474. The molecule has 0 saturated heterocycles. The van der Waals surface area contributed by atoms with E-state index in [-0.39, 0.29) is 6.61 Å². The van der Waals surface area contributed by atoms with Crippen molar-refractivity contribution in [3.8, 4) is 16.8 Å². The van der Waals surface area contributed by atoms with Crippen LogP contribution in [0, 0.1) is 0 Å². The van der Waals surface area contributed by atoms with Crippen LogP contribution in [0.25, 0.3) is 27.8 Å². The number of fused-ring (bicyclic) bond motifs is 1. The molecule has 0 atom stereocenters. The van der Waals surface area contributed by atoms with Gasteiger partial charge in [-0.15, -0.1) is 0 Å². The lowest BCUT2D eigenvalue weighted by Gasteiger charge is -2.07. The van der Waals surface area contributed by atoms with Crippen LogP contribution >= 0.6 is 0 Å². The van der Waals surface area contributed by atoms with Crippen LogP contribution in [0.1, 0.15) is 5.56 Å². The van der Waals surface area contributed by atoms with Crippen molar-refractivity contribution in [1.29, 1.82) is 0 Å². The Morgan fingerprint density at radius 1 is 1.00 bits per heavy atom. The average molecular weight is 359 g/mol. The second-order valence-corrected chi connectivity index (χ2v) is 6.30. The third kappa shape index (κ3) is 3.40. The Morgan fingerprint density at radius 2 is 1.78 bits per heavy atom. The third-order valence-electron chi connectivity index (χ3n) is 4.53. The number of hydrogen-bond donors (Lipinski definition) is 3. The number of aromatic nitrogens is 3. The number of nitrogen functional groups attached to an aromatic ring is 1. The van der Waals surface area contributed by atoms with E-state index in [2.05, 4.69) is 57.9 Å². The quantitative estimate of drug-likeness (QED) is 0.461. The highest BCUT2D eigenvalue weighted by atomic mass is 16.3. The molecule has 0 amide bonds. The minimum Gasteiger partial charge on any atom is -0.395 e. The number of nitrogens with one attached hydrogen (secondary N) is 1. The van der Waals surface area contributed by atoms with Crippen LogP contribution in [0.4, 0.5) is 5.82 Å². The lowest BCUT2D eigenvalue weighted by atomic mass is 10.1. The van der Waals surface area contributed by atoms with E-state index in [1.165, 1.54) is 6.33 Å². The maximum Gasteiger partial charge on any atom is 0.150 e. The van der Waals surface area contributed by atoms with Crippen LogP contribution in [0.2, 0.25) is 0 Å². The SMILES string of the molecule is Nc1ncnc2c1c(-c1ccccc1)cn2-c1ccc(CNCCO)cc1. The number of benzene rings is 2. The molecule has 27 heavy (non-hydrogen) atoms. The summed E-state index contributed by atoms with van der Waals surface area (Å²) >= 11 is 0. The van der Waals surface area contributed by atoms with Gasteiger partial charge in [0, 0.05) is 30.5 Å². The number of nitrogens with two attached hydrogens (primary N) is 1. The maximum atomic E-state index is 8.87. The van der Waals surface area contributed by atoms with Crippen LogP contribution < -0.4 is 11.1 Å². The fraction of sp³-hybridized carbons (Fsp3) is 0.143. The van der Waals surface area contributed by atoms with Crippen molar-refractivity contribution in [2.45, 2.75) is 6.54 Å². The van der Waals surface area contributed by atoms with Gasteiger partial charge in [0.15, 0.2) is 5.65 Å². The molecule has 0 aliphatic carbocycles. The first-order chi connectivity index (χ1) is 13.3. The van der Waals surface area contributed by atoms with Crippen LogP contribution in [0.15, 0.2) is 67.1 Å². The van der Waals surface area contributed by atoms with Crippen LogP contribution in [0.5, 0.6) is 0 Å². The van der Waals surface area contributed by atoms with Crippen molar-refractivity contribution in [1.82, 2.24) is 19.9 Å². The molecule has 6 nitrogen and oxygen atoms in total. The standard InChI is InChI=1S/C21H21N5O/c22-20-19-18(16-4-2-1-3-5-16)13-26(21(19)25-14-24-20)17-8-6-15(7-9-17)12-23-10-11-27/h1-9,13-14,23,27H,10-12H2,(H2,22,24,25). The first kappa shape index (κ1) is 17.2. The zero-order valence-electron chi connectivity index (χ0n) is 14.8. The second kappa shape index (κ2) is 7.57. The predicted molar refractivity (Wildman–Crippen MR) is 108 cm³/mol. The summed E-state index contributed by atoms with van der Waals surface area (Å²) in [4.78, 5) is 8.66. The summed E-state index contributed by atoms with van der Waals surface area (Å²) in [6.07, 6.45) is 3.56. The molecular weight excluding hydrogens is 338 g/mol. The number of anilines is 1. The van der Waals surface area contributed by atoms with Crippen molar-refractivity contribution < 1.29 is 5.11 Å². The molecule has 4 aromatic rings. The van der Waals surface area contributed by atoms with Gasteiger partial charge in [0.05, 0.1) is 12.0 Å². The molecule has 136 valence electrons. The molecule has 6 heteroatoms. The first-order valence-electron chi connectivity index (χ1n) is 8.86. The Hall–Kier alpha value is -3.22. The summed E-state index contributed by atoms with van der Waals surface area (Å²) in [7, 11) is 0. The van der Waals surface area contributed by atoms with Gasteiger partial charge in [0.2, 0.25) is 0 Å². The van der Waals surface area contributed by atoms with Gasteiger partial charge in [-0.1, -0.05) is 42.5 Å². The lowest BCUT2D eigenvalue weighted by Crippen LogP contribution is -2.17. The van der Waals surface area contributed by atoms with Crippen molar-refractivity contribution in [2.75, 3.05) is 18.9 Å². The summed E-state index contributed by atoms with van der Waals surface area (Å²) in [5, 5.41) is 12.9. The van der Waals surface area contributed by atoms with Gasteiger partial charge >= 0.3 is 0 Å². The molecular formula is C21H21N5O. The molecule has 2 aromatic carbocycles. The normalized spacial score (nSPS) is 11.1. The van der Waals surface area contributed by atoms with E-state index < -0.39 is 0 Å². The largest absolute Gasteiger partial charge is 0.395 e. The number of nitrogens with zero attached hydrogens (tertiary/aromatic N) is 3. The molecule has 0 radical (unpaired) electrons. The summed E-state index contributed by atoms with van der Waals surface area (Å²) in [5.41, 5.74) is 11.2. The lowest BCUT2D eigenvalue weighted by molar-refractivity contribution is 0.292. The average Bonchev–Trinajstić information content (AvgIpc) is 3.10. The van der Waals surface area contributed by atoms with Gasteiger partial charge in [0.1, 0.15) is 12.1 Å². The molecule has 2 heterocycles. The summed E-state index contributed by atoms with van der Waals surface area (Å²) < 4.78 is 2.04. The monoisotopic (exact) mass is 359 g/mol. The Morgan fingerprint density at radius 3 is 2.52 bits per heavy atom. The van der Waals surface area contributed by atoms with E-state index in [9.17, 15) is 0 Å². The topological polar surface area (TPSA) is 89.0 Å². The Labute approximate surface area is 157 Å². The second-order valence-electron chi connectivity index (χ2n) is 6.30. The van der Waals surface area contributed by atoms with E-state index >= 15 is 0 Å². The van der Waals surface area contributed by atoms with Crippen LogP contribution in [0.3, 0.4) is 0 Å². The number of rotatable bonds is 6. The van der Waals surface area contributed by atoms with Crippen LogP contribution in [-0.4, -0.2) is 32.8 Å². The zero-order valence-corrected chi connectivity index (χ0v) is 14.8. The molecule has 0 aliphatic heterocycles. The van der Waals surface area contributed by atoms with E-state index in [0.29, 0.717) is 12.4 Å². The van der Waals surface area contributed by atoms with Gasteiger partial charge in [-0.05, 0) is 23.3 Å². The number of aliphatic hydroxyl groups is 1. The van der Waals surface area contributed by atoms with E-state index in [1.807, 2.05) is 22.8 Å². The van der Waals surface area contributed by atoms with Gasteiger partial charge in [0.25, 0.3) is 0 Å². The molecule has 0 unspecified atom stereocenters. The molecule has 0 saturated carbocycles. The number of aliphatic hydroxyl groups excluding tert-OH is 1. The van der Waals surface area contributed by atoms with Crippen molar-refractivity contribution in [3.63, 3.8) is 0 Å². The van der Waals surface area contributed by atoms with Gasteiger partial charge in [-0.2, -0.15) is 0 Å². The molecule has 0 aliphatic rings. The molecule has 0 fully saturated rings. The Balaban J connectivity index is 1.77. The molecule has 2 aromatic heterocycles. The zero-order chi connectivity index (χ0) is 18.6. The fourth-order valence-corrected chi connectivity index (χ4v) is 3.20. The van der Waals surface area contributed by atoms with Gasteiger partial charge < -0.3 is 20.7 Å². The highest BCUT2D eigenvalue weighted by Gasteiger charge is 2.15. The van der Waals surface area contributed by atoms with Gasteiger partial charge in [-0.3, -0.25) is 0 Å². The highest BCUT2D eigenvalue weighted by Crippen LogP contribution is 2.34. The minimum atomic E-state index is 0.136. The Bertz CT molecular complexity index is 1040. The Kier molecular flexibility index (Phi) is 4.82. The fourth-order valence-electron chi connectivity index (χ4n) is 3.20. The van der Waals surface area contributed by atoms with Crippen molar-refractivity contribution in [3.05, 3.63) is 72.7 Å².